The number of nitrogens with zero attached hydrogens (tertiary/aromatic N) is 1. The quantitative estimate of drug-likeness (QED) is 0.611. The first-order chi connectivity index (χ1) is 5.66. The van der Waals surface area contributed by atoms with Gasteiger partial charge in [-0.1, -0.05) is 11.8 Å². The smallest absolute Gasteiger partial charge is 0.254 e. The van der Waals surface area contributed by atoms with E-state index < -0.39 is 0 Å². The number of hydrogen-bond acceptors (Lipinski definition) is 3. The molecular weight excluding hydrogens is 172 g/mol. The number of hydrogen-bond donors (Lipinski definition) is 1. The minimum absolute atomic E-state index is 0.0700. The molecule has 0 saturated heterocycles. The molecule has 1 amide bonds. The molecule has 1 N–H and O–H groups in total. The van der Waals surface area contributed by atoms with Crippen molar-refractivity contribution in [3.8, 4) is 0 Å². The number of fused-ring (bicyclic) bond motifs is 1. The second kappa shape index (κ2) is 2.55. The molecule has 0 aromatic carbocycles. The Hall–Kier alpha value is -0.900. The molecule has 12 heavy (non-hydrogen) atoms. The van der Waals surface area contributed by atoms with Gasteiger partial charge in [0.05, 0.1) is 0 Å². The molecular formula is C8H10N2OS. The highest BCUT2D eigenvalue weighted by molar-refractivity contribution is 8.03. The lowest BCUT2D eigenvalue weighted by molar-refractivity contribution is -0.124. The summed E-state index contributed by atoms with van der Waals surface area (Å²) in [5.74, 6) is 0.0700. The van der Waals surface area contributed by atoms with Gasteiger partial charge in [-0.3, -0.25) is 9.69 Å². The Morgan fingerprint density at radius 2 is 2.33 bits per heavy atom. The molecule has 0 aliphatic carbocycles. The maximum Gasteiger partial charge on any atom is 0.254 e. The molecule has 0 aromatic heterocycles. The van der Waals surface area contributed by atoms with Gasteiger partial charge in [-0.2, -0.15) is 0 Å². The van der Waals surface area contributed by atoms with E-state index in [0.29, 0.717) is 0 Å². The van der Waals surface area contributed by atoms with E-state index >= 15 is 0 Å². The van der Waals surface area contributed by atoms with Crippen LogP contribution in [0.25, 0.3) is 0 Å². The van der Waals surface area contributed by atoms with Gasteiger partial charge in [-0.25, -0.2) is 0 Å². The van der Waals surface area contributed by atoms with Crippen LogP contribution in [0.5, 0.6) is 0 Å². The lowest BCUT2D eigenvalue weighted by Crippen LogP contribution is -2.43. The fourth-order valence-electron chi connectivity index (χ4n) is 1.30. The van der Waals surface area contributed by atoms with Crippen LogP contribution in [0.15, 0.2) is 22.9 Å². The van der Waals surface area contributed by atoms with E-state index in [1.165, 1.54) is 4.91 Å². The van der Waals surface area contributed by atoms with Crippen LogP contribution in [0.4, 0.5) is 0 Å². The predicted molar refractivity (Wildman–Crippen MR) is 48.9 cm³/mol. The molecule has 0 fully saturated rings. The Balaban J connectivity index is 2.27. The number of nitrogens with one attached hydrogen (secondary N) is 1. The van der Waals surface area contributed by atoms with E-state index in [4.69, 9.17) is 0 Å². The maximum atomic E-state index is 11.4. The van der Waals surface area contributed by atoms with Crippen LogP contribution >= 0.6 is 11.8 Å². The maximum absolute atomic E-state index is 11.4. The van der Waals surface area contributed by atoms with Gasteiger partial charge in [-0.15, -0.1) is 0 Å². The highest BCUT2D eigenvalue weighted by Gasteiger charge is 2.30. The molecule has 2 rings (SSSR count). The monoisotopic (exact) mass is 182 g/mol. The third-order valence-corrected chi connectivity index (χ3v) is 2.86. The molecule has 0 spiro atoms. The molecule has 4 heteroatoms. The van der Waals surface area contributed by atoms with Gasteiger partial charge in [0.2, 0.25) is 0 Å². The summed E-state index contributed by atoms with van der Waals surface area (Å²) in [6.45, 7) is 3.91. The molecule has 0 radical (unpaired) electrons. The second-order valence-electron chi connectivity index (χ2n) is 2.93. The number of amides is 1. The van der Waals surface area contributed by atoms with Crippen LogP contribution in [0, 0.1) is 0 Å². The summed E-state index contributed by atoms with van der Waals surface area (Å²) in [4.78, 5) is 14.3. The fourth-order valence-corrected chi connectivity index (χ4v) is 2.35. The van der Waals surface area contributed by atoms with Crippen LogP contribution in [0.2, 0.25) is 0 Å². The van der Waals surface area contributed by atoms with Crippen molar-refractivity contribution < 1.29 is 4.79 Å². The van der Waals surface area contributed by atoms with Crippen molar-refractivity contribution in [2.24, 2.45) is 0 Å². The van der Waals surface area contributed by atoms with E-state index in [1.54, 1.807) is 22.7 Å². The van der Waals surface area contributed by atoms with Gasteiger partial charge in [-0.05, 0) is 13.8 Å². The summed E-state index contributed by atoms with van der Waals surface area (Å²) in [6, 6.07) is 0. The fraction of sp³-hybridized carbons (Fsp3) is 0.375. The van der Waals surface area contributed by atoms with E-state index in [-0.39, 0.29) is 11.4 Å². The lowest BCUT2D eigenvalue weighted by Gasteiger charge is -2.27. The molecule has 0 aromatic rings. The highest BCUT2D eigenvalue weighted by Crippen LogP contribution is 2.32. The largest absolute Gasteiger partial charge is 0.360 e. The van der Waals surface area contributed by atoms with Crippen molar-refractivity contribution >= 4 is 17.7 Å². The van der Waals surface area contributed by atoms with E-state index in [1.807, 2.05) is 20.0 Å². The number of carbonyl (C=O) groups is 1. The van der Waals surface area contributed by atoms with Gasteiger partial charge in [0, 0.05) is 22.9 Å². The van der Waals surface area contributed by atoms with Gasteiger partial charge in [0.15, 0.2) is 5.50 Å². The molecule has 0 bridgehead atoms. The first-order valence-corrected chi connectivity index (χ1v) is 4.67. The SMILES string of the molecule is CC1=CC(=O)N2C=C(C)S[C@@H]2N1. The molecule has 0 saturated carbocycles. The second-order valence-corrected chi connectivity index (χ2v) is 4.25. The highest BCUT2D eigenvalue weighted by atomic mass is 32.2. The Morgan fingerprint density at radius 1 is 1.58 bits per heavy atom. The molecule has 2 aliphatic rings. The van der Waals surface area contributed by atoms with Crippen molar-refractivity contribution in [3.63, 3.8) is 0 Å². The zero-order valence-electron chi connectivity index (χ0n) is 7.00. The first kappa shape index (κ1) is 7.73. The van der Waals surface area contributed by atoms with E-state index in [2.05, 4.69) is 5.32 Å². The van der Waals surface area contributed by atoms with Crippen molar-refractivity contribution in [3.05, 3.63) is 22.9 Å². The third kappa shape index (κ3) is 1.12. The summed E-state index contributed by atoms with van der Waals surface area (Å²) in [6.07, 6.45) is 3.50. The number of allylic oxidation sites excluding steroid dienone is 2. The van der Waals surface area contributed by atoms with Gasteiger partial charge in [0.25, 0.3) is 5.91 Å². The van der Waals surface area contributed by atoms with Crippen LogP contribution in [0.1, 0.15) is 13.8 Å². The Morgan fingerprint density at radius 3 is 3.08 bits per heavy atom. The lowest BCUT2D eigenvalue weighted by atomic mass is 10.3. The minimum Gasteiger partial charge on any atom is -0.360 e. The van der Waals surface area contributed by atoms with E-state index in [9.17, 15) is 4.79 Å². The van der Waals surface area contributed by atoms with Crippen molar-refractivity contribution in [2.45, 2.75) is 19.3 Å². The minimum atomic E-state index is 0.0700. The van der Waals surface area contributed by atoms with Crippen LogP contribution in [-0.4, -0.2) is 16.3 Å². The van der Waals surface area contributed by atoms with Gasteiger partial charge < -0.3 is 5.32 Å². The summed E-state index contributed by atoms with van der Waals surface area (Å²) < 4.78 is 0. The van der Waals surface area contributed by atoms with E-state index in [0.717, 1.165) is 5.70 Å². The van der Waals surface area contributed by atoms with Crippen LogP contribution in [-0.2, 0) is 4.79 Å². The molecule has 2 heterocycles. The predicted octanol–water partition coefficient (Wildman–Crippen LogP) is 1.21. The summed E-state index contributed by atoms with van der Waals surface area (Å²) >= 11 is 1.67. The van der Waals surface area contributed by atoms with Crippen LogP contribution < -0.4 is 5.32 Å². The normalized spacial score (nSPS) is 27.7. The standard InChI is InChI=1S/C8H10N2OS/c1-5-3-7(11)10-4-6(2)12-8(10)9-5/h3-4,8-9H,1-2H3/t8-/m1/s1. The Bertz CT molecular complexity index is 295. The zero-order valence-corrected chi connectivity index (χ0v) is 7.81. The van der Waals surface area contributed by atoms with Gasteiger partial charge >= 0.3 is 0 Å². The zero-order chi connectivity index (χ0) is 8.72. The van der Waals surface area contributed by atoms with Crippen molar-refractivity contribution in [1.29, 1.82) is 0 Å². The molecule has 0 unspecified atom stereocenters. The summed E-state index contributed by atoms with van der Waals surface area (Å²) in [5.41, 5.74) is 1.03. The topological polar surface area (TPSA) is 32.3 Å². The number of thioether (sulfide) groups is 1. The molecule has 1 atom stereocenters. The van der Waals surface area contributed by atoms with Gasteiger partial charge in [0.1, 0.15) is 0 Å². The molecule has 64 valence electrons. The summed E-state index contributed by atoms with van der Waals surface area (Å²) in [5, 5.41) is 3.22. The van der Waals surface area contributed by atoms with Crippen molar-refractivity contribution in [2.75, 3.05) is 0 Å². The third-order valence-electron chi connectivity index (χ3n) is 1.82. The molecule has 3 nitrogen and oxygen atoms in total. The average molecular weight is 182 g/mol. The average Bonchev–Trinajstić information content (AvgIpc) is 2.29. The first-order valence-electron chi connectivity index (χ1n) is 3.79. The number of rotatable bonds is 0. The number of carbonyl (C=O) groups excluding carboxylic acids is 1. The Kier molecular flexibility index (Phi) is 1.65. The van der Waals surface area contributed by atoms with Crippen molar-refractivity contribution in [1.82, 2.24) is 10.2 Å². The Labute approximate surface area is 75.5 Å². The molecule has 2 aliphatic heterocycles. The summed E-state index contributed by atoms with van der Waals surface area (Å²) in [7, 11) is 0. The van der Waals surface area contributed by atoms with Crippen LogP contribution in [0.3, 0.4) is 0 Å².